The Morgan fingerprint density at radius 2 is 1.86 bits per heavy atom. The minimum atomic E-state index is -0.229. The third-order valence-electron chi connectivity index (χ3n) is 7.09. The molecule has 1 atom stereocenters. The van der Waals surface area contributed by atoms with Crippen LogP contribution in [0.2, 0.25) is 0 Å². The van der Waals surface area contributed by atoms with E-state index in [1.165, 1.54) is 0 Å². The van der Waals surface area contributed by atoms with Gasteiger partial charge in [0.25, 0.3) is 5.56 Å². The fourth-order valence-corrected chi connectivity index (χ4v) is 5.09. The second kappa shape index (κ2) is 9.24. The fraction of sp³-hybridized carbons (Fsp3) is 0.385. The quantitative estimate of drug-likeness (QED) is 0.474. The van der Waals surface area contributed by atoms with Crippen molar-refractivity contribution in [3.05, 3.63) is 59.1 Å². The summed E-state index contributed by atoms with van der Waals surface area (Å²) in [7, 11) is 2.11. The van der Waals surface area contributed by atoms with Crippen molar-refractivity contribution >= 4 is 27.6 Å². The Hall–Kier alpha value is -3.56. The molecule has 0 aliphatic carbocycles. The summed E-state index contributed by atoms with van der Waals surface area (Å²) < 4.78 is 7.67. The Morgan fingerprint density at radius 3 is 2.69 bits per heavy atom. The van der Waals surface area contributed by atoms with E-state index in [0.29, 0.717) is 24.0 Å². The van der Waals surface area contributed by atoms with E-state index in [4.69, 9.17) is 14.7 Å². The average molecular weight is 472 g/mol. The molecule has 1 unspecified atom stereocenters. The van der Waals surface area contributed by atoms with Gasteiger partial charge < -0.3 is 19.9 Å². The molecule has 1 N–H and O–H groups in total. The van der Waals surface area contributed by atoms with Gasteiger partial charge in [-0.1, -0.05) is 36.4 Å². The maximum atomic E-state index is 13.8. The van der Waals surface area contributed by atoms with Crippen molar-refractivity contribution < 1.29 is 4.74 Å². The van der Waals surface area contributed by atoms with Crippen LogP contribution in [-0.2, 0) is 0 Å². The Bertz CT molecular complexity index is 1430. The van der Waals surface area contributed by atoms with E-state index in [1.54, 1.807) is 10.9 Å². The van der Waals surface area contributed by atoms with Gasteiger partial charge in [0.05, 0.1) is 5.69 Å². The molecule has 9 heteroatoms. The van der Waals surface area contributed by atoms with Gasteiger partial charge in [-0.15, -0.1) is 0 Å². The molecule has 4 heterocycles. The molecule has 0 bridgehead atoms. The topological polar surface area (TPSA) is 88.4 Å². The number of piperazine rings is 1. The van der Waals surface area contributed by atoms with Crippen LogP contribution in [0.3, 0.4) is 0 Å². The van der Waals surface area contributed by atoms with Crippen molar-refractivity contribution in [2.45, 2.75) is 18.9 Å². The zero-order valence-corrected chi connectivity index (χ0v) is 19.9. The zero-order chi connectivity index (χ0) is 23.8. The number of fused-ring (bicyclic) bond motifs is 2. The van der Waals surface area contributed by atoms with Crippen LogP contribution in [0.1, 0.15) is 12.8 Å². The Labute approximate surface area is 203 Å². The standard InChI is InChI=1S/C26H29N7O2/c1-31-13-5-8-19(31)16-35-26-29-23-22(24(30-26)32-14-11-27-12-15-32)28-17-33(25(23)34)21-10-4-7-18-6-2-3-9-20(18)21/h2-4,6-7,9-10,17,19,27H,5,8,11-16H2,1H3. The van der Waals surface area contributed by atoms with Gasteiger partial charge >= 0.3 is 6.01 Å². The van der Waals surface area contributed by atoms with Crippen LogP contribution < -0.4 is 20.5 Å². The minimum absolute atomic E-state index is 0.229. The predicted molar refractivity (Wildman–Crippen MR) is 137 cm³/mol. The zero-order valence-electron chi connectivity index (χ0n) is 19.9. The summed E-state index contributed by atoms with van der Waals surface area (Å²) in [5.74, 6) is 0.661. The van der Waals surface area contributed by atoms with Crippen molar-refractivity contribution in [1.82, 2.24) is 29.7 Å². The number of anilines is 1. The highest BCUT2D eigenvalue weighted by atomic mass is 16.5. The first-order valence-electron chi connectivity index (χ1n) is 12.3. The molecule has 0 radical (unpaired) electrons. The van der Waals surface area contributed by atoms with Gasteiger partial charge in [-0.25, -0.2) is 4.98 Å². The molecule has 0 spiro atoms. The first kappa shape index (κ1) is 21.9. The number of hydrogen-bond acceptors (Lipinski definition) is 8. The number of hydrogen-bond donors (Lipinski definition) is 1. The van der Waals surface area contributed by atoms with Crippen LogP contribution in [-0.4, -0.2) is 76.8 Å². The molecule has 35 heavy (non-hydrogen) atoms. The van der Waals surface area contributed by atoms with Crippen molar-refractivity contribution in [3.63, 3.8) is 0 Å². The highest BCUT2D eigenvalue weighted by molar-refractivity contribution is 5.91. The van der Waals surface area contributed by atoms with Crippen LogP contribution >= 0.6 is 0 Å². The van der Waals surface area contributed by atoms with Gasteiger partial charge in [0, 0.05) is 37.6 Å². The third kappa shape index (κ3) is 4.11. The Balaban J connectivity index is 1.47. The van der Waals surface area contributed by atoms with Crippen LogP contribution in [0.25, 0.3) is 27.5 Å². The van der Waals surface area contributed by atoms with E-state index in [-0.39, 0.29) is 17.1 Å². The maximum Gasteiger partial charge on any atom is 0.319 e. The second-order valence-electron chi connectivity index (χ2n) is 9.27. The summed E-state index contributed by atoms with van der Waals surface area (Å²) in [4.78, 5) is 32.3. The highest BCUT2D eigenvalue weighted by Crippen LogP contribution is 2.26. The number of rotatable bonds is 5. The molecule has 2 saturated heterocycles. The van der Waals surface area contributed by atoms with E-state index in [9.17, 15) is 4.79 Å². The van der Waals surface area contributed by atoms with Gasteiger partial charge in [-0.2, -0.15) is 9.97 Å². The molecular formula is C26H29N7O2. The van der Waals surface area contributed by atoms with Crippen LogP contribution in [0.4, 0.5) is 5.82 Å². The van der Waals surface area contributed by atoms with Gasteiger partial charge in [-0.3, -0.25) is 9.36 Å². The summed E-state index contributed by atoms with van der Waals surface area (Å²) >= 11 is 0. The van der Waals surface area contributed by atoms with Crippen molar-refractivity contribution in [2.75, 3.05) is 51.3 Å². The van der Waals surface area contributed by atoms with Crippen LogP contribution in [0.5, 0.6) is 6.01 Å². The molecule has 2 aromatic heterocycles. The molecule has 0 saturated carbocycles. The van der Waals surface area contributed by atoms with Gasteiger partial charge in [0.2, 0.25) is 0 Å². The SMILES string of the molecule is CN1CCCC1COc1nc(N2CCNCC2)c2ncn(-c3cccc4ccccc34)c(=O)c2n1. The maximum absolute atomic E-state index is 13.8. The fourth-order valence-electron chi connectivity index (χ4n) is 5.09. The monoisotopic (exact) mass is 471 g/mol. The molecule has 2 aromatic carbocycles. The molecule has 180 valence electrons. The summed E-state index contributed by atoms with van der Waals surface area (Å²) in [5, 5.41) is 5.41. The first-order valence-corrected chi connectivity index (χ1v) is 12.3. The number of benzene rings is 2. The first-order chi connectivity index (χ1) is 17.2. The van der Waals surface area contributed by atoms with E-state index in [1.807, 2.05) is 42.5 Å². The third-order valence-corrected chi connectivity index (χ3v) is 7.09. The Morgan fingerprint density at radius 1 is 1.03 bits per heavy atom. The normalized spacial score (nSPS) is 19.0. The van der Waals surface area contributed by atoms with E-state index < -0.39 is 0 Å². The van der Waals surface area contributed by atoms with Gasteiger partial charge in [0.1, 0.15) is 18.5 Å². The number of likely N-dealkylation sites (tertiary alicyclic amines) is 1. The largest absolute Gasteiger partial charge is 0.462 e. The lowest BCUT2D eigenvalue weighted by molar-refractivity contribution is 0.188. The van der Waals surface area contributed by atoms with Gasteiger partial charge in [-0.05, 0) is 37.9 Å². The summed E-state index contributed by atoms with van der Waals surface area (Å²) in [5.41, 5.74) is 1.34. The molecule has 9 nitrogen and oxygen atoms in total. The molecule has 4 aromatic rings. The van der Waals surface area contributed by atoms with Crippen molar-refractivity contribution in [1.29, 1.82) is 0 Å². The average Bonchev–Trinajstić information content (AvgIpc) is 3.32. The molecule has 2 aliphatic heterocycles. The lowest BCUT2D eigenvalue weighted by atomic mass is 10.1. The number of nitrogens with one attached hydrogen (secondary N) is 1. The van der Waals surface area contributed by atoms with E-state index in [0.717, 1.165) is 62.0 Å². The van der Waals surface area contributed by atoms with Crippen molar-refractivity contribution in [3.8, 4) is 11.7 Å². The number of aromatic nitrogens is 4. The Kier molecular flexibility index (Phi) is 5.79. The summed E-state index contributed by atoms with van der Waals surface area (Å²) in [6.07, 6.45) is 3.84. The second-order valence-corrected chi connectivity index (χ2v) is 9.27. The van der Waals surface area contributed by atoms with Gasteiger partial charge in [0.15, 0.2) is 11.3 Å². The number of nitrogens with zero attached hydrogens (tertiary/aromatic N) is 6. The lowest BCUT2D eigenvalue weighted by Gasteiger charge is -2.29. The lowest BCUT2D eigenvalue weighted by Crippen LogP contribution is -2.44. The van der Waals surface area contributed by atoms with Crippen LogP contribution in [0, 0.1) is 0 Å². The summed E-state index contributed by atoms with van der Waals surface area (Å²) in [6, 6.07) is 14.5. The van der Waals surface area contributed by atoms with E-state index >= 15 is 0 Å². The molecule has 6 rings (SSSR count). The molecule has 0 amide bonds. The summed E-state index contributed by atoms with van der Waals surface area (Å²) in [6.45, 7) is 4.83. The van der Waals surface area contributed by atoms with E-state index in [2.05, 4.69) is 27.1 Å². The van der Waals surface area contributed by atoms with Crippen molar-refractivity contribution in [2.24, 2.45) is 0 Å². The molecule has 2 fully saturated rings. The minimum Gasteiger partial charge on any atom is -0.462 e. The molecular weight excluding hydrogens is 442 g/mol. The predicted octanol–water partition coefficient (Wildman–Crippen LogP) is 2.21. The smallest absolute Gasteiger partial charge is 0.319 e. The number of likely N-dealkylation sites (N-methyl/N-ethyl adjacent to an activating group) is 1. The van der Waals surface area contributed by atoms with Crippen LogP contribution in [0.15, 0.2) is 53.6 Å². The highest BCUT2D eigenvalue weighted by Gasteiger charge is 2.24. The number of ether oxygens (including phenoxy) is 1. The molecule has 2 aliphatic rings.